The standard InChI is InChI=1S/C14H18N2O4/c1-14(5-6-20-9-14)16-13(19)15-11-4-2-3-10(7-11)8-12(17)18/h2-4,7H,5-6,8-9H2,1H3,(H,17,18)(H2,15,16,19). The van der Waals surface area contributed by atoms with Crippen molar-refractivity contribution < 1.29 is 19.4 Å². The molecule has 20 heavy (non-hydrogen) atoms. The highest BCUT2D eigenvalue weighted by Gasteiger charge is 2.31. The first-order chi connectivity index (χ1) is 9.47. The highest BCUT2D eigenvalue weighted by molar-refractivity contribution is 5.90. The summed E-state index contributed by atoms with van der Waals surface area (Å²) in [5, 5.41) is 14.3. The van der Waals surface area contributed by atoms with Crippen LogP contribution in [0.4, 0.5) is 10.5 Å². The largest absolute Gasteiger partial charge is 0.481 e. The number of carboxylic acids is 1. The molecule has 3 N–H and O–H groups in total. The molecule has 6 nitrogen and oxygen atoms in total. The molecule has 108 valence electrons. The monoisotopic (exact) mass is 278 g/mol. The number of rotatable bonds is 4. The van der Waals surface area contributed by atoms with Gasteiger partial charge in [-0.1, -0.05) is 12.1 Å². The Morgan fingerprint density at radius 2 is 2.25 bits per heavy atom. The van der Waals surface area contributed by atoms with Crippen molar-refractivity contribution in [2.24, 2.45) is 0 Å². The Morgan fingerprint density at radius 3 is 2.90 bits per heavy atom. The van der Waals surface area contributed by atoms with Crippen LogP contribution >= 0.6 is 0 Å². The van der Waals surface area contributed by atoms with Crippen LogP contribution < -0.4 is 10.6 Å². The highest BCUT2D eigenvalue weighted by atomic mass is 16.5. The quantitative estimate of drug-likeness (QED) is 0.781. The predicted molar refractivity (Wildman–Crippen MR) is 73.8 cm³/mol. The Kier molecular flexibility index (Phi) is 4.24. The maximum atomic E-state index is 11.9. The van der Waals surface area contributed by atoms with E-state index in [1.54, 1.807) is 24.3 Å². The number of amides is 2. The minimum Gasteiger partial charge on any atom is -0.481 e. The molecule has 1 aliphatic heterocycles. The third kappa shape index (κ3) is 3.96. The van der Waals surface area contributed by atoms with Crippen molar-refractivity contribution >= 4 is 17.7 Å². The molecule has 0 aromatic heterocycles. The van der Waals surface area contributed by atoms with Crippen molar-refractivity contribution in [3.63, 3.8) is 0 Å². The molecular formula is C14H18N2O4. The molecule has 0 saturated carbocycles. The van der Waals surface area contributed by atoms with E-state index in [2.05, 4.69) is 10.6 Å². The van der Waals surface area contributed by atoms with Crippen LogP contribution in [0.15, 0.2) is 24.3 Å². The van der Waals surface area contributed by atoms with Crippen molar-refractivity contribution in [1.82, 2.24) is 5.32 Å². The molecule has 1 atom stereocenters. The number of urea groups is 1. The third-order valence-electron chi connectivity index (χ3n) is 3.17. The van der Waals surface area contributed by atoms with Gasteiger partial charge in [-0.15, -0.1) is 0 Å². The van der Waals surface area contributed by atoms with E-state index in [9.17, 15) is 9.59 Å². The van der Waals surface area contributed by atoms with Gasteiger partial charge < -0.3 is 20.5 Å². The number of aliphatic carboxylic acids is 1. The van der Waals surface area contributed by atoms with E-state index in [1.807, 2.05) is 6.92 Å². The summed E-state index contributed by atoms with van der Waals surface area (Å²) in [7, 11) is 0. The van der Waals surface area contributed by atoms with Gasteiger partial charge in [0.15, 0.2) is 0 Å². The summed E-state index contributed by atoms with van der Waals surface area (Å²) in [4.78, 5) is 22.6. The third-order valence-corrected chi connectivity index (χ3v) is 3.17. The molecule has 6 heteroatoms. The number of ether oxygens (including phenoxy) is 1. The van der Waals surface area contributed by atoms with E-state index in [1.165, 1.54) is 0 Å². The van der Waals surface area contributed by atoms with E-state index in [0.29, 0.717) is 24.5 Å². The average Bonchev–Trinajstić information content (AvgIpc) is 2.74. The van der Waals surface area contributed by atoms with Crippen LogP contribution in [0, 0.1) is 0 Å². The fourth-order valence-electron chi connectivity index (χ4n) is 2.14. The topological polar surface area (TPSA) is 87.7 Å². The fraction of sp³-hybridized carbons (Fsp3) is 0.429. The van der Waals surface area contributed by atoms with Crippen LogP contribution in [0.5, 0.6) is 0 Å². The van der Waals surface area contributed by atoms with Gasteiger partial charge >= 0.3 is 12.0 Å². The molecule has 1 fully saturated rings. The second-order valence-electron chi connectivity index (χ2n) is 5.21. The predicted octanol–water partition coefficient (Wildman–Crippen LogP) is 1.61. The van der Waals surface area contributed by atoms with Gasteiger partial charge in [0.25, 0.3) is 0 Å². The smallest absolute Gasteiger partial charge is 0.319 e. The summed E-state index contributed by atoms with van der Waals surface area (Å²) in [6, 6.07) is 6.49. The molecule has 0 bridgehead atoms. The Balaban J connectivity index is 1.95. The summed E-state index contributed by atoms with van der Waals surface area (Å²) in [6.45, 7) is 3.07. The molecule has 2 amide bonds. The van der Waals surface area contributed by atoms with Crippen molar-refractivity contribution in [2.75, 3.05) is 18.5 Å². The first-order valence-corrected chi connectivity index (χ1v) is 6.44. The molecule has 0 aliphatic carbocycles. The minimum absolute atomic E-state index is 0.0668. The van der Waals surface area contributed by atoms with E-state index in [-0.39, 0.29) is 18.0 Å². The number of nitrogens with one attached hydrogen (secondary N) is 2. The molecule has 2 rings (SSSR count). The Labute approximate surface area is 117 Å². The Hall–Kier alpha value is -2.08. The van der Waals surface area contributed by atoms with Crippen LogP contribution in [-0.4, -0.2) is 35.9 Å². The molecule has 1 aromatic carbocycles. The van der Waals surface area contributed by atoms with E-state index >= 15 is 0 Å². The van der Waals surface area contributed by atoms with Gasteiger partial charge in [0, 0.05) is 12.3 Å². The second-order valence-corrected chi connectivity index (χ2v) is 5.21. The Morgan fingerprint density at radius 1 is 1.45 bits per heavy atom. The molecule has 1 aliphatic rings. The molecule has 1 aromatic rings. The number of hydrogen-bond donors (Lipinski definition) is 3. The molecule has 1 heterocycles. The van der Waals surface area contributed by atoms with Crippen molar-refractivity contribution in [3.05, 3.63) is 29.8 Å². The number of carbonyl (C=O) groups excluding carboxylic acids is 1. The lowest BCUT2D eigenvalue weighted by molar-refractivity contribution is -0.136. The van der Waals surface area contributed by atoms with Crippen molar-refractivity contribution in [2.45, 2.75) is 25.3 Å². The number of hydrogen-bond acceptors (Lipinski definition) is 3. The highest BCUT2D eigenvalue weighted by Crippen LogP contribution is 2.18. The molecule has 0 radical (unpaired) electrons. The summed E-state index contributed by atoms with van der Waals surface area (Å²) in [5.74, 6) is -0.901. The van der Waals surface area contributed by atoms with E-state index in [4.69, 9.17) is 9.84 Å². The van der Waals surface area contributed by atoms with E-state index in [0.717, 1.165) is 6.42 Å². The zero-order chi connectivity index (χ0) is 14.6. The van der Waals surface area contributed by atoms with Crippen LogP contribution in [0.3, 0.4) is 0 Å². The average molecular weight is 278 g/mol. The SMILES string of the molecule is CC1(NC(=O)Nc2cccc(CC(=O)O)c2)CCOC1. The molecule has 1 unspecified atom stereocenters. The number of carbonyl (C=O) groups is 2. The maximum absolute atomic E-state index is 11.9. The number of carboxylic acid groups (broad SMARTS) is 1. The first-order valence-electron chi connectivity index (χ1n) is 6.44. The van der Waals surface area contributed by atoms with Gasteiger partial charge in [0.1, 0.15) is 0 Å². The molecule has 0 spiro atoms. The van der Waals surface area contributed by atoms with Crippen molar-refractivity contribution in [3.8, 4) is 0 Å². The van der Waals surface area contributed by atoms with E-state index < -0.39 is 5.97 Å². The maximum Gasteiger partial charge on any atom is 0.319 e. The zero-order valence-electron chi connectivity index (χ0n) is 11.3. The molecule has 1 saturated heterocycles. The number of anilines is 1. The van der Waals surface area contributed by atoms with Crippen LogP contribution in [0.25, 0.3) is 0 Å². The molecular weight excluding hydrogens is 260 g/mol. The Bertz CT molecular complexity index is 510. The van der Waals surface area contributed by atoms with Crippen LogP contribution in [0.2, 0.25) is 0 Å². The van der Waals surface area contributed by atoms with Gasteiger partial charge in [-0.3, -0.25) is 4.79 Å². The van der Waals surface area contributed by atoms with Gasteiger partial charge in [0.05, 0.1) is 18.6 Å². The lowest BCUT2D eigenvalue weighted by Gasteiger charge is -2.23. The lowest BCUT2D eigenvalue weighted by Crippen LogP contribution is -2.48. The summed E-state index contributed by atoms with van der Waals surface area (Å²) >= 11 is 0. The van der Waals surface area contributed by atoms with Crippen LogP contribution in [-0.2, 0) is 16.0 Å². The second kappa shape index (κ2) is 5.92. The van der Waals surface area contributed by atoms with Gasteiger partial charge in [-0.25, -0.2) is 4.79 Å². The summed E-state index contributed by atoms with van der Waals surface area (Å²) < 4.78 is 5.27. The first kappa shape index (κ1) is 14.3. The number of benzene rings is 1. The normalized spacial score (nSPS) is 21.4. The van der Waals surface area contributed by atoms with Gasteiger partial charge in [-0.05, 0) is 31.0 Å². The van der Waals surface area contributed by atoms with Gasteiger partial charge in [-0.2, -0.15) is 0 Å². The fourth-order valence-corrected chi connectivity index (χ4v) is 2.14. The van der Waals surface area contributed by atoms with Crippen LogP contribution in [0.1, 0.15) is 18.9 Å². The minimum atomic E-state index is -0.901. The lowest BCUT2D eigenvalue weighted by atomic mass is 10.0. The van der Waals surface area contributed by atoms with Gasteiger partial charge in [0.2, 0.25) is 0 Å². The summed E-state index contributed by atoms with van der Waals surface area (Å²) in [5.41, 5.74) is 0.873. The zero-order valence-corrected chi connectivity index (χ0v) is 11.3. The summed E-state index contributed by atoms with van der Waals surface area (Å²) in [6.07, 6.45) is 0.710. The van der Waals surface area contributed by atoms with Crippen molar-refractivity contribution in [1.29, 1.82) is 0 Å².